The van der Waals surface area contributed by atoms with Crippen LogP contribution in [-0.4, -0.2) is 79.7 Å². The Morgan fingerprint density at radius 1 is 1.29 bits per heavy atom. The molecule has 0 saturated carbocycles. The first-order valence-electron chi connectivity index (χ1n) is 10.2. The second kappa shape index (κ2) is 9.71. The lowest BCUT2D eigenvalue weighted by atomic mass is 10.0. The zero-order chi connectivity index (χ0) is 20.0. The van der Waals surface area contributed by atoms with Crippen LogP contribution in [0.15, 0.2) is 16.4 Å². The van der Waals surface area contributed by atoms with Crippen molar-refractivity contribution < 1.29 is 9.53 Å². The number of fused-ring (bicyclic) bond motifs is 1. The van der Waals surface area contributed by atoms with Gasteiger partial charge in [0, 0.05) is 49.7 Å². The molecular formula is C20H33N5O2S. The number of thiophene rings is 1. The summed E-state index contributed by atoms with van der Waals surface area (Å²) >= 11 is 1.79. The molecule has 0 atom stereocenters. The first kappa shape index (κ1) is 21.1. The van der Waals surface area contributed by atoms with Gasteiger partial charge in [0.15, 0.2) is 5.96 Å². The minimum Gasteiger partial charge on any atom is -0.379 e. The van der Waals surface area contributed by atoms with Gasteiger partial charge in [0.05, 0.1) is 13.2 Å². The van der Waals surface area contributed by atoms with Crippen LogP contribution in [0.3, 0.4) is 0 Å². The SMILES string of the molecule is CCNC(=NCC(=O)N1CCc2sccc2C1)NCC(C)(C)N1CCOCC1. The third-order valence-electron chi connectivity index (χ3n) is 5.43. The molecule has 1 amide bonds. The zero-order valence-corrected chi connectivity index (χ0v) is 18.1. The Labute approximate surface area is 172 Å². The zero-order valence-electron chi connectivity index (χ0n) is 17.3. The molecule has 7 nitrogen and oxygen atoms in total. The van der Waals surface area contributed by atoms with E-state index in [0.717, 1.165) is 52.4 Å². The van der Waals surface area contributed by atoms with Crippen molar-refractivity contribution in [3.05, 3.63) is 21.9 Å². The molecule has 8 heteroatoms. The Balaban J connectivity index is 1.52. The maximum atomic E-state index is 12.6. The van der Waals surface area contributed by atoms with Gasteiger partial charge in [-0.1, -0.05) is 0 Å². The molecule has 0 spiro atoms. The van der Waals surface area contributed by atoms with Crippen LogP contribution in [0.5, 0.6) is 0 Å². The van der Waals surface area contributed by atoms with Gasteiger partial charge in [0.25, 0.3) is 0 Å². The highest BCUT2D eigenvalue weighted by atomic mass is 32.1. The fourth-order valence-corrected chi connectivity index (χ4v) is 4.52. The molecule has 3 heterocycles. The van der Waals surface area contributed by atoms with Gasteiger partial charge < -0.3 is 20.3 Å². The molecule has 2 aliphatic heterocycles. The molecule has 28 heavy (non-hydrogen) atoms. The summed E-state index contributed by atoms with van der Waals surface area (Å²) in [4.78, 5) is 22.9. The fourth-order valence-electron chi connectivity index (χ4n) is 3.63. The summed E-state index contributed by atoms with van der Waals surface area (Å²) in [5, 5.41) is 8.78. The molecular weight excluding hydrogens is 374 g/mol. The quantitative estimate of drug-likeness (QED) is 0.550. The molecule has 0 aliphatic carbocycles. The lowest BCUT2D eigenvalue weighted by Gasteiger charge is -2.41. The molecule has 2 aliphatic rings. The minimum atomic E-state index is -0.00774. The Kier molecular flexibility index (Phi) is 7.31. The van der Waals surface area contributed by atoms with E-state index in [-0.39, 0.29) is 18.0 Å². The van der Waals surface area contributed by atoms with Crippen LogP contribution in [0.2, 0.25) is 0 Å². The average Bonchev–Trinajstić information content (AvgIpc) is 3.18. The molecule has 1 aromatic rings. The molecule has 0 bridgehead atoms. The summed E-state index contributed by atoms with van der Waals surface area (Å²) in [5.74, 6) is 0.784. The lowest BCUT2D eigenvalue weighted by molar-refractivity contribution is -0.130. The van der Waals surface area contributed by atoms with Crippen molar-refractivity contribution in [1.29, 1.82) is 0 Å². The van der Waals surface area contributed by atoms with Gasteiger partial charge >= 0.3 is 0 Å². The molecule has 1 aromatic heterocycles. The third-order valence-corrected chi connectivity index (χ3v) is 6.46. The van der Waals surface area contributed by atoms with Crippen molar-refractivity contribution in [2.75, 3.05) is 52.5 Å². The number of morpholine rings is 1. The molecule has 1 fully saturated rings. The van der Waals surface area contributed by atoms with Crippen LogP contribution in [0.1, 0.15) is 31.2 Å². The van der Waals surface area contributed by atoms with E-state index in [2.05, 4.69) is 45.8 Å². The normalized spacial score (nSPS) is 18.7. The number of rotatable bonds is 6. The maximum Gasteiger partial charge on any atom is 0.244 e. The van der Waals surface area contributed by atoms with Crippen molar-refractivity contribution in [3.63, 3.8) is 0 Å². The highest BCUT2D eigenvalue weighted by molar-refractivity contribution is 7.10. The van der Waals surface area contributed by atoms with Crippen molar-refractivity contribution >= 4 is 23.2 Å². The van der Waals surface area contributed by atoms with Crippen LogP contribution in [-0.2, 0) is 22.5 Å². The highest BCUT2D eigenvalue weighted by Crippen LogP contribution is 2.24. The largest absolute Gasteiger partial charge is 0.379 e. The topological polar surface area (TPSA) is 69.2 Å². The van der Waals surface area contributed by atoms with Crippen molar-refractivity contribution in [2.24, 2.45) is 4.99 Å². The molecule has 3 rings (SSSR count). The number of carbonyl (C=O) groups excluding carboxylic acids is 1. The van der Waals surface area contributed by atoms with Crippen LogP contribution in [0.4, 0.5) is 0 Å². The Morgan fingerprint density at radius 2 is 2.07 bits per heavy atom. The molecule has 0 aromatic carbocycles. The van der Waals surface area contributed by atoms with E-state index in [1.54, 1.807) is 11.3 Å². The van der Waals surface area contributed by atoms with Gasteiger partial charge in [-0.25, -0.2) is 4.99 Å². The molecule has 156 valence electrons. The van der Waals surface area contributed by atoms with Crippen LogP contribution < -0.4 is 10.6 Å². The van der Waals surface area contributed by atoms with Gasteiger partial charge in [0.1, 0.15) is 6.54 Å². The standard InChI is InChI=1S/C20H33N5O2S/c1-4-21-19(23-15-20(2,3)25-8-10-27-11-9-25)22-13-18(26)24-7-5-17-16(14-24)6-12-28-17/h6,12H,4-5,7-11,13-15H2,1-3H3,(H2,21,22,23). The van der Waals surface area contributed by atoms with Gasteiger partial charge in [-0.05, 0) is 44.2 Å². The number of nitrogens with one attached hydrogen (secondary N) is 2. The van der Waals surface area contributed by atoms with Gasteiger partial charge in [-0.3, -0.25) is 9.69 Å². The number of carbonyl (C=O) groups is 1. The number of ether oxygens (including phenoxy) is 1. The summed E-state index contributed by atoms with van der Waals surface area (Å²) in [7, 11) is 0. The van der Waals surface area contributed by atoms with Crippen molar-refractivity contribution in [2.45, 2.75) is 39.3 Å². The number of nitrogens with zero attached hydrogens (tertiary/aromatic N) is 3. The molecule has 2 N–H and O–H groups in total. The van der Waals surface area contributed by atoms with E-state index in [1.165, 1.54) is 10.4 Å². The first-order valence-corrected chi connectivity index (χ1v) is 11.1. The second-order valence-corrected chi connectivity index (χ2v) is 8.90. The summed E-state index contributed by atoms with van der Waals surface area (Å²) in [6, 6.07) is 2.13. The average molecular weight is 408 g/mol. The maximum absolute atomic E-state index is 12.6. The molecule has 0 radical (unpaired) electrons. The Bertz CT molecular complexity index is 682. The summed E-state index contributed by atoms with van der Waals surface area (Å²) < 4.78 is 5.46. The summed E-state index contributed by atoms with van der Waals surface area (Å²) in [6.07, 6.45) is 0.953. The van der Waals surface area contributed by atoms with Crippen LogP contribution in [0, 0.1) is 0 Å². The van der Waals surface area contributed by atoms with E-state index in [0.29, 0.717) is 12.5 Å². The predicted molar refractivity (Wildman–Crippen MR) is 114 cm³/mol. The van der Waals surface area contributed by atoms with Gasteiger partial charge in [-0.2, -0.15) is 0 Å². The highest BCUT2D eigenvalue weighted by Gasteiger charge is 2.28. The minimum absolute atomic E-state index is 0.00774. The Morgan fingerprint density at radius 3 is 2.82 bits per heavy atom. The molecule has 1 saturated heterocycles. The monoisotopic (exact) mass is 407 g/mol. The van der Waals surface area contributed by atoms with Crippen LogP contribution >= 0.6 is 11.3 Å². The third kappa shape index (κ3) is 5.46. The second-order valence-electron chi connectivity index (χ2n) is 7.89. The van der Waals surface area contributed by atoms with Crippen molar-refractivity contribution in [3.8, 4) is 0 Å². The number of hydrogen-bond acceptors (Lipinski definition) is 5. The van der Waals surface area contributed by atoms with Gasteiger partial charge in [-0.15, -0.1) is 11.3 Å². The Hall–Kier alpha value is -1.64. The smallest absolute Gasteiger partial charge is 0.244 e. The number of amides is 1. The number of guanidine groups is 1. The van der Waals surface area contributed by atoms with E-state index >= 15 is 0 Å². The summed E-state index contributed by atoms with van der Waals surface area (Å²) in [5.41, 5.74) is 1.28. The first-order chi connectivity index (χ1) is 13.5. The van der Waals surface area contributed by atoms with E-state index in [1.807, 2.05) is 11.8 Å². The van der Waals surface area contributed by atoms with E-state index in [4.69, 9.17) is 4.74 Å². The van der Waals surface area contributed by atoms with E-state index in [9.17, 15) is 4.79 Å². The lowest BCUT2D eigenvalue weighted by Crippen LogP contribution is -2.56. The number of aliphatic imine (C=N–C) groups is 1. The van der Waals surface area contributed by atoms with Crippen molar-refractivity contribution in [1.82, 2.24) is 20.4 Å². The summed E-state index contributed by atoms with van der Waals surface area (Å²) in [6.45, 7) is 13.1. The predicted octanol–water partition coefficient (Wildman–Crippen LogP) is 1.30. The van der Waals surface area contributed by atoms with Gasteiger partial charge in [0.2, 0.25) is 5.91 Å². The van der Waals surface area contributed by atoms with E-state index < -0.39 is 0 Å². The van der Waals surface area contributed by atoms with Crippen LogP contribution in [0.25, 0.3) is 0 Å². The molecule has 0 unspecified atom stereocenters. The number of hydrogen-bond donors (Lipinski definition) is 2. The fraction of sp³-hybridized carbons (Fsp3) is 0.700.